The molecule has 0 saturated heterocycles. The average molecular weight is 247 g/mol. The minimum atomic E-state index is -0.389. The van der Waals surface area contributed by atoms with Gasteiger partial charge in [-0.2, -0.15) is 4.98 Å². The molecule has 2 aromatic rings. The normalized spacial score (nSPS) is 12.6. The molecule has 0 fully saturated rings. The van der Waals surface area contributed by atoms with Gasteiger partial charge in [0.05, 0.1) is 12.6 Å². The van der Waals surface area contributed by atoms with Crippen molar-refractivity contribution in [3.05, 3.63) is 47.1 Å². The Morgan fingerprint density at radius 1 is 1.39 bits per heavy atom. The summed E-state index contributed by atoms with van der Waals surface area (Å²) in [6, 6.07) is 7.45. The van der Waals surface area contributed by atoms with Gasteiger partial charge >= 0.3 is 0 Å². The van der Waals surface area contributed by atoms with Crippen LogP contribution in [-0.4, -0.2) is 17.3 Å². The van der Waals surface area contributed by atoms with Crippen molar-refractivity contribution in [2.24, 2.45) is 5.73 Å². The summed E-state index contributed by atoms with van der Waals surface area (Å²) < 4.78 is 10.2. The van der Waals surface area contributed by atoms with Crippen LogP contribution >= 0.6 is 0 Å². The molecule has 0 saturated carbocycles. The number of benzene rings is 1. The van der Waals surface area contributed by atoms with Crippen molar-refractivity contribution in [3.8, 4) is 0 Å². The summed E-state index contributed by atoms with van der Waals surface area (Å²) in [7, 11) is 1.66. The second-order valence-corrected chi connectivity index (χ2v) is 4.01. The monoisotopic (exact) mass is 247 g/mol. The molecule has 0 aliphatic rings. The highest BCUT2D eigenvalue weighted by Crippen LogP contribution is 2.21. The van der Waals surface area contributed by atoms with Gasteiger partial charge in [0.1, 0.15) is 0 Å². The Kier molecular flexibility index (Phi) is 4.07. The largest absolute Gasteiger partial charge is 0.380 e. The van der Waals surface area contributed by atoms with Crippen molar-refractivity contribution in [3.63, 3.8) is 0 Å². The third-order valence-electron chi connectivity index (χ3n) is 2.75. The van der Waals surface area contributed by atoms with Gasteiger partial charge in [0, 0.05) is 13.5 Å². The summed E-state index contributed by atoms with van der Waals surface area (Å²) in [5.74, 6) is 1.11. The predicted octanol–water partition coefficient (Wildman–Crippen LogP) is 1.83. The van der Waals surface area contributed by atoms with E-state index in [4.69, 9.17) is 15.0 Å². The maximum Gasteiger partial charge on any atom is 0.226 e. The zero-order valence-electron chi connectivity index (χ0n) is 10.6. The molecule has 18 heavy (non-hydrogen) atoms. The highest BCUT2D eigenvalue weighted by Gasteiger charge is 2.18. The van der Waals surface area contributed by atoms with E-state index in [9.17, 15) is 0 Å². The molecule has 1 heterocycles. The summed E-state index contributed by atoms with van der Waals surface area (Å²) in [5.41, 5.74) is 8.17. The minimum absolute atomic E-state index is 0.389. The van der Waals surface area contributed by atoms with Gasteiger partial charge in [0.25, 0.3) is 0 Å². The molecule has 5 heteroatoms. The van der Waals surface area contributed by atoms with Crippen LogP contribution in [0.15, 0.2) is 28.8 Å². The Morgan fingerprint density at radius 3 is 2.83 bits per heavy atom. The zero-order chi connectivity index (χ0) is 13.0. The maximum absolute atomic E-state index is 6.17. The molecule has 0 spiro atoms. The van der Waals surface area contributed by atoms with Crippen LogP contribution in [0.25, 0.3) is 0 Å². The number of hydrogen-bond acceptors (Lipinski definition) is 5. The molecule has 2 rings (SSSR count). The number of nitrogens with zero attached hydrogens (tertiary/aromatic N) is 2. The summed E-state index contributed by atoms with van der Waals surface area (Å²) in [4.78, 5) is 4.26. The number of aromatic nitrogens is 2. The van der Waals surface area contributed by atoms with Gasteiger partial charge in [0.15, 0.2) is 5.82 Å². The number of aryl methyl sites for hydroxylation is 1. The number of rotatable bonds is 5. The van der Waals surface area contributed by atoms with Gasteiger partial charge in [-0.3, -0.25) is 0 Å². The van der Waals surface area contributed by atoms with Gasteiger partial charge in [-0.25, -0.2) is 0 Å². The lowest BCUT2D eigenvalue weighted by Crippen LogP contribution is -2.16. The molecule has 1 aromatic heterocycles. The lowest BCUT2D eigenvalue weighted by molar-refractivity contribution is 0.184. The average Bonchev–Trinajstić information content (AvgIpc) is 2.88. The van der Waals surface area contributed by atoms with Crippen LogP contribution in [0.5, 0.6) is 0 Å². The Hall–Kier alpha value is -1.72. The molecule has 2 N–H and O–H groups in total. The van der Waals surface area contributed by atoms with E-state index < -0.39 is 0 Å². The Balaban J connectivity index is 2.29. The van der Waals surface area contributed by atoms with E-state index >= 15 is 0 Å². The highest BCUT2D eigenvalue weighted by atomic mass is 16.5. The zero-order valence-corrected chi connectivity index (χ0v) is 10.6. The SMILES string of the molecule is CCc1nc(C(N)c2ccccc2COC)no1. The van der Waals surface area contributed by atoms with Crippen molar-refractivity contribution in [1.29, 1.82) is 0 Å². The third kappa shape index (κ3) is 2.57. The smallest absolute Gasteiger partial charge is 0.226 e. The lowest BCUT2D eigenvalue weighted by atomic mass is 10.0. The first-order chi connectivity index (χ1) is 8.76. The first kappa shape index (κ1) is 12.7. The Morgan fingerprint density at radius 2 is 2.17 bits per heavy atom. The van der Waals surface area contributed by atoms with Crippen molar-refractivity contribution in [2.75, 3.05) is 7.11 Å². The molecule has 0 aliphatic carbocycles. The fraction of sp³-hybridized carbons (Fsp3) is 0.385. The maximum atomic E-state index is 6.17. The minimum Gasteiger partial charge on any atom is -0.380 e. The molecule has 0 bridgehead atoms. The number of methoxy groups -OCH3 is 1. The number of ether oxygens (including phenoxy) is 1. The van der Waals surface area contributed by atoms with Crippen LogP contribution in [0, 0.1) is 0 Å². The quantitative estimate of drug-likeness (QED) is 0.872. The second kappa shape index (κ2) is 5.75. The van der Waals surface area contributed by atoms with Crippen molar-refractivity contribution < 1.29 is 9.26 Å². The van der Waals surface area contributed by atoms with E-state index in [1.165, 1.54) is 0 Å². The fourth-order valence-electron chi connectivity index (χ4n) is 1.80. The van der Waals surface area contributed by atoms with Gasteiger partial charge in [-0.05, 0) is 11.1 Å². The van der Waals surface area contributed by atoms with Gasteiger partial charge in [-0.1, -0.05) is 36.3 Å². The van der Waals surface area contributed by atoms with Gasteiger partial charge in [0.2, 0.25) is 5.89 Å². The molecule has 96 valence electrons. The molecule has 0 aliphatic heterocycles. The predicted molar refractivity (Wildman–Crippen MR) is 66.9 cm³/mol. The van der Waals surface area contributed by atoms with Crippen LogP contribution < -0.4 is 5.73 Å². The molecule has 5 nitrogen and oxygen atoms in total. The van der Waals surface area contributed by atoms with E-state index in [1.807, 2.05) is 31.2 Å². The second-order valence-electron chi connectivity index (χ2n) is 4.01. The molecule has 0 amide bonds. The van der Waals surface area contributed by atoms with Crippen molar-refractivity contribution in [2.45, 2.75) is 26.0 Å². The topological polar surface area (TPSA) is 74.2 Å². The van der Waals surface area contributed by atoms with Crippen LogP contribution in [0.4, 0.5) is 0 Å². The van der Waals surface area contributed by atoms with E-state index in [0.29, 0.717) is 24.7 Å². The molecule has 0 radical (unpaired) electrons. The first-order valence-corrected chi connectivity index (χ1v) is 5.91. The molecule has 1 unspecified atom stereocenters. The van der Waals surface area contributed by atoms with Crippen molar-refractivity contribution >= 4 is 0 Å². The molecule has 1 atom stereocenters. The number of nitrogens with two attached hydrogens (primary N) is 1. The summed E-state index contributed by atoms with van der Waals surface area (Å²) >= 11 is 0. The molecule has 1 aromatic carbocycles. The van der Waals surface area contributed by atoms with Crippen LogP contribution in [0.2, 0.25) is 0 Å². The van der Waals surface area contributed by atoms with Crippen molar-refractivity contribution in [1.82, 2.24) is 10.1 Å². The summed E-state index contributed by atoms with van der Waals surface area (Å²) in [6.45, 7) is 2.48. The Bertz CT molecular complexity index is 510. The van der Waals surface area contributed by atoms with Gasteiger partial charge in [-0.15, -0.1) is 0 Å². The van der Waals surface area contributed by atoms with Crippen LogP contribution in [-0.2, 0) is 17.8 Å². The van der Waals surface area contributed by atoms with Crippen LogP contribution in [0.1, 0.15) is 35.8 Å². The standard InChI is InChI=1S/C13H17N3O2/c1-3-11-15-13(16-18-11)12(14)10-7-5-4-6-9(10)8-17-2/h4-7,12H,3,8,14H2,1-2H3. The fourth-order valence-corrected chi connectivity index (χ4v) is 1.80. The third-order valence-corrected chi connectivity index (χ3v) is 2.75. The van der Waals surface area contributed by atoms with Gasteiger partial charge < -0.3 is 15.0 Å². The summed E-state index contributed by atoms with van der Waals surface area (Å²) in [5, 5.41) is 3.91. The van der Waals surface area contributed by atoms with E-state index in [1.54, 1.807) is 7.11 Å². The van der Waals surface area contributed by atoms with E-state index in [-0.39, 0.29) is 6.04 Å². The lowest BCUT2D eigenvalue weighted by Gasteiger charge is -2.12. The van der Waals surface area contributed by atoms with E-state index in [2.05, 4.69) is 10.1 Å². The Labute approximate surface area is 106 Å². The molecular weight excluding hydrogens is 230 g/mol. The number of hydrogen-bond donors (Lipinski definition) is 1. The van der Waals surface area contributed by atoms with Crippen LogP contribution in [0.3, 0.4) is 0 Å². The molecular formula is C13H17N3O2. The summed E-state index contributed by atoms with van der Waals surface area (Å²) in [6.07, 6.45) is 0.708. The van der Waals surface area contributed by atoms with E-state index in [0.717, 1.165) is 11.1 Å². The first-order valence-electron chi connectivity index (χ1n) is 5.91. The highest BCUT2D eigenvalue weighted by molar-refractivity contribution is 5.32.